The van der Waals surface area contributed by atoms with Crippen LogP contribution in [-0.4, -0.2) is 61.7 Å². The molecule has 0 saturated carbocycles. The molecule has 0 radical (unpaired) electrons. The largest absolute Gasteiger partial charge is 0.313 e. The van der Waals surface area contributed by atoms with Crippen LogP contribution in [0.1, 0.15) is 40.0 Å². The van der Waals surface area contributed by atoms with Gasteiger partial charge in [-0.2, -0.15) is 0 Å². The summed E-state index contributed by atoms with van der Waals surface area (Å²) >= 11 is 0. The minimum absolute atomic E-state index is 0.719. The van der Waals surface area contributed by atoms with Gasteiger partial charge in [-0.15, -0.1) is 0 Å². The molecule has 1 rings (SSSR count). The lowest BCUT2D eigenvalue weighted by molar-refractivity contribution is 0.132. The summed E-state index contributed by atoms with van der Waals surface area (Å²) in [5.74, 6) is 0. The Balaban J connectivity index is 2.06. The zero-order valence-corrected chi connectivity index (χ0v) is 12.0. The molecule has 1 saturated heterocycles. The van der Waals surface area contributed by atoms with Crippen LogP contribution in [0.15, 0.2) is 0 Å². The third-order valence-electron chi connectivity index (χ3n) is 3.85. The summed E-state index contributed by atoms with van der Waals surface area (Å²) in [7, 11) is 0. The third kappa shape index (κ3) is 5.84. The van der Waals surface area contributed by atoms with E-state index in [9.17, 15) is 0 Å². The minimum Gasteiger partial charge on any atom is -0.313 e. The number of piperazine rings is 1. The van der Waals surface area contributed by atoms with Gasteiger partial charge in [0, 0.05) is 45.3 Å². The Morgan fingerprint density at radius 2 is 1.41 bits per heavy atom. The van der Waals surface area contributed by atoms with E-state index in [-0.39, 0.29) is 0 Å². The van der Waals surface area contributed by atoms with E-state index in [1.807, 2.05) is 0 Å². The van der Waals surface area contributed by atoms with Crippen molar-refractivity contribution in [3.63, 3.8) is 0 Å². The van der Waals surface area contributed by atoms with E-state index in [4.69, 9.17) is 0 Å². The van der Waals surface area contributed by atoms with E-state index < -0.39 is 0 Å². The van der Waals surface area contributed by atoms with Crippen LogP contribution in [-0.2, 0) is 0 Å². The van der Waals surface area contributed by atoms with E-state index in [0.29, 0.717) is 0 Å². The molecule has 3 heteroatoms. The third-order valence-corrected chi connectivity index (χ3v) is 3.85. The van der Waals surface area contributed by atoms with Gasteiger partial charge >= 0.3 is 0 Å². The van der Waals surface area contributed by atoms with E-state index in [1.54, 1.807) is 0 Å². The molecule has 102 valence electrons. The molecule has 0 spiro atoms. The molecular formula is C14H31N3. The first-order valence-electron chi connectivity index (χ1n) is 7.48. The first kappa shape index (κ1) is 14.9. The second kappa shape index (κ2) is 8.90. The van der Waals surface area contributed by atoms with Crippen molar-refractivity contribution in [3.05, 3.63) is 0 Å². The van der Waals surface area contributed by atoms with Crippen molar-refractivity contribution in [1.82, 2.24) is 15.1 Å². The van der Waals surface area contributed by atoms with E-state index in [1.165, 1.54) is 58.5 Å². The van der Waals surface area contributed by atoms with Crippen molar-refractivity contribution in [2.75, 3.05) is 45.8 Å². The monoisotopic (exact) mass is 241 g/mol. The summed E-state index contributed by atoms with van der Waals surface area (Å²) < 4.78 is 0. The summed E-state index contributed by atoms with van der Waals surface area (Å²) in [6.45, 7) is 15.5. The summed E-state index contributed by atoms with van der Waals surface area (Å²) in [4.78, 5) is 5.19. The summed E-state index contributed by atoms with van der Waals surface area (Å²) in [6, 6.07) is 0.719. The zero-order valence-electron chi connectivity index (χ0n) is 12.0. The molecule has 0 aliphatic carbocycles. The summed E-state index contributed by atoms with van der Waals surface area (Å²) in [6.07, 6.45) is 3.79. The molecular weight excluding hydrogens is 210 g/mol. The smallest absolute Gasteiger partial charge is 0.0110 e. The molecule has 1 aliphatic rings. The standard InChI is InChI=1S/C14H31N3/c1-4-8-16-10-12-17(13-11-16)9-7-15-14(5-2)6-3/h14-15H,4-13H2,1-3H3. The average molecular weight is 241 g/mol. The Bertz CT molecular complexity index is 172. The van der Waals surface area contributed by atoms with Crippen molar-refractivity contribution in [2.24, 2.45) is 0 Å². The first-order valence-corrected chi connectivity index (χ1v) is 7.48. The maximum atomic E-state index is 3.65. The topological polar surface area (TPSA) is 18.5 Å². The molecule has 1 fully saturated rings. The highest BCUT2D eigenvalue weighted by atomic mass is 15.3. The Kier molecular flexibility index (Phi) is 7.82. The van der Waals surface area contributed by atoms with Crippen LogP contribution >= 0.6 is 0 Å². The first-order chi connectivity index (χ1) is 8.30. The molecule has 17 heavy (non-hydrogen) atoms. The van der Waals surface area contributed by atoms with Gasteiger partial charge in [0.05, 0.1) is 0 Å². The SMILES string of the molecule is CCCN1CCN(CCNC(CC)CC)CC1. The number of hydrogen-bond donors (Lipinski definition) is 1. The number of nitrogens with zero attached hydrogens (tertiary/aromatic N) is 2. The van der Waals surface area contributed by atoms with Gasteiger partial charge in [0.15, 0.2) is 0 Å². The van der Waals surface area contributed by atoms with E-state index >= 15 is 0 Å². The van der Waals surface area contributed by atoms with Crippen LogP contribution in [0.5, 0.6) is 0 Å². The quantitative estimate of drug-likeness (QED) is 0.699. The fraction of sp³-hybridized carbons (Fsp3) is 1.00. The lowest BCUT2D eigenvalue weighted by Crippen LogP contribution is -2.48. The van der Waals surface area contributed by atoms with E-state index in [2.05, 4.69) is 35.9 Å². The van der Waals surface area contributed by atoms with Crippen molar-refractivity contribution < 1.29 is 0 Å². The molecule has 0 aromatic carbocycles. The Morgan fingerprint density at radius 1 is 0.882 bits per heavy atom. The van der Waals surface area contributed by atoms with E-state index in [0.717, 1.165) is 12.6 Å². The zero-order chi connectivity index (χ0) is 12.5. The number of hydrogen-bond acceptors (Lipinski definition) is 3. The second-order valence-corrected chi connectivity index (χ2v) is 5.15. The van der Waals surface area contributed by atoms with Gasteiger partial charge in [0.25, 0.3) is 0 Å². The Hall–Kier alpha value is -0.120. The lowest BCUT2D eigenvalue weighted by Gasteiger charge is -2.34. The van der Waals surface area contributed by atoms with Crippen LogP contribution in [0.2, 0.25) is 0 Å². The fourth-order valence-corrected chi connectivity index (χ4v) is 2.56. The maximum Gasteiger partial charge on any atom is 0.0110 e. The second-order valence-electron chi connectivity index (χ2n) is 5.15. The molecule has 1 N–H and O–H groups in total. The lowest BCUT2D eigenvalue weighted by atomic mass is 10.2. The fourth-order valence-electron chi connectivity index (χ4n) is 2.56. The van der Waals surface area contributed by atoms with Crippen molar-refractivity contribution >= 4 is 0 Å². The predicted octanol–water partition coefficient (Wildman–Crippen LogP) is 1.79. The van der Waals surface area contributed by atoms with Gasteiger partial charge in [-0.25, -0.2) is 0 Å². The minimum atomic E-state index is 0.719. The normalized spacial score (nSPS) is 19.1. The van der Waals surface area contributed by atoms with Crippen LogP contribution in [0.4, 0.5) is 0 Å². The van der Waals surface area contributed by atoms with Gasteiger partial charge in [-0.1, -0.05) is 20.8 Å². The molecule has 0 amide bonds. The molecule has 3 nitrogen and oxygen atoms in total. The molecule has 1 heterocycles. The van der Waals surface area contributed by atoms with Crippen LogP contribution in [0.3, 0.4) is 0 Å². The van der Waals surface area contributed by atoms with Crippen molar-refractivity contribution in [2.45, 2.75) is 46.1 Å². The highest BCUT2D eigenvalue weighted by Crippen LogP contribution is 2.02. The van der Waals surface area contributed by atoms with Gasteiger partial charge < -0.3 is 10.2 Å². The molecule has 0 aromatic rings. The Labute approximate surface area is 108 Å². The van der Waals surface area contributed by atoms with Crippen LogP contribution in [0.25, 0.3) is 0 Å². The van der Waals surface area contributed by atoms with Crippen LogP contribution in [0, 0.1) is 0 Å². The molecule has 0 atom stereocenters. The molecule has 1 aliphatic heterocycles. The molecule has 0 aromatic heterocycles. The van der Waals surface area contributed by atoms with Gasteiger partial charge in [0.2, 0.25) is 0 Å². The number of rotatable bonds is 8. The maximum absolute atomic E-state index is 3.65. The summed E-state index contributed by atoms with van der Waals surface area (Å²) in [5.41, 5.74) is 0. The van der Waals surface area contributed by atoms with Crippen molar-refractivity contribution in [1.29, 1.82) is 0 Å². The summed E-state index contributed by atoms with van der Waals surface area (Å²) in [5, 5.41) is 3.65. The molecule has 0 unspecified atom stereocenters. The van der Waals surface area contributed by atoms with Gasteiger partial charge in [-0.05, 0) is 25.8 Å². The highest BCUT2D eigenvalue weighted by molar-refractivity contribution is 4.73. The van der Waals surface area contributed by atoms with Crippen molar-refractivity contribution in [3.8, 4) is 0 Å². The Morgan fingerprint density at radius 3 is 1.88 bits per heavy atom. The van der Waals surface area contributed by atoms with Gasteiger partial charge in [-0.3, -0.25) is 4.90 Å². The highest BCUT2D eigenvalue weighted by Gasteiger charge is 2.15. The molecule has 0 bridgehead atoms. The average Bonchev–Trinajstić information content (AvgIpc) is 2.37. The van der Waals surface area contributed by atoms with Crippen LogP contribution < -0.4 is 5.32 Å². The predicted molar refractivity (Wildman–Crippen MR) is 75.5 cm³/mol. The number of nitrogens with one attached hydrogen (secondary N) is 1. The van der Waals surface area contributed by atoms with Gasteiger partial charge in [0.1, 0.15) is 0 Å².